The third-order valence-corrected chi connectivity index (χ3v) is 8.66. The van der Waals surface area contributed by atoms with Crippen molar-refractivity contribution in [1.82, 2.24) is 0 Å². The summed E-state index contributed by atoms with van der Waals surface area (Å²) in [5.41, 5.74) is 0. The van der Waals surface area contributed by atoms with Crippen LogP contribution in [0.1, 0.15) is 13.3 Å². The van der Waals surface area contributed by atoms with Gasteiger partial charge in [-0.2, -0.15) is 13.2 Å². The van der Waals surface area contributed by atoms with Gasteiger partial charge in [-0.3, -0.25) is 0 Å². The zero-order chi connectivity index (χ0) is 16.6. The third-order valence-electron chi connectivity index (χ3n) is 1.97. The average Bonchev–Trinajstić information content (AvgIpc) is 2.09. The van der Waals surface area contributed by atoms with Gasteiger partial charge in [-0.05, 0) is 58.8 Å². The van der Waals surface area contributed by atoms with Crippen molar-refractivity contribution in [2.75, 3.05) is 6.61 Å². The Hall–Kier alpha value is 0.361. The maximum atomic E-state index is 11.8. The molecule has 0 rings (SSSR count). The summed E-state index contributed by atoms with van der Waals surface area (Å²) in [4.78, 5) is 0. The van der Waals surface area contributed by atoms with Gasteiger partial charge in [-0.15, -0.1) is 0 Å². The van der Waals surface area contributed by atoms with Crippen molar-refractivity contribution in [2.45, 2.75) is 71.4 Å². The lowest BCUT2D eigenvalue weighted by Gasteiger charge is -2.23. The third kappa shape index (κ3) is 23.5. The molecule has 0 amide bonds. The molecule has 0 aromatic carbocycles. The first-order valence-corrected chi connectivity index (χ1v) is 16.3. The van der Waals surface area contributed by atoms with Crippen molar-refractivity contribution >= 4 is 25.7 Å². The van der Waals surface area contributed by atoms with E-state index in [1.165, 1.54) is 0 Å². The van der Waals surface area contributed by atoms with Crippen LogP contribution in [0.15, 0.2) is 0 Å². The van der Waals surface area contributed by atoms with E-state index in [2.05, 4.69) is 19.6 Å². The van der Waals surface area contributed by atoms with Crippen LogP contribution >= 0.6 is 0 Å². The molecule has 0 radical (unpaired) electrons. The van der Waals surface area contributed by atoms with Gasteiger partial charge in [0.05, 0.1) is 0 Å². The Balaban J connectivity index is 0. The second-order valence-electron chi connectivity index (χ2n) is 6.74. The Morgan fingerprint density at radius 2 is 1.40 bits per heavy atom. The molecule has 0 saturated carbocycles. The van der Waals surface area contributed by atoms with Crippen LogP contribution in [-0.4, -0.2) is 38.5 Å². The summed E-state index contributed by atoms with van der Waals surface area (Å²) in [6.45, 7) is 17.3. The number of rotatable bonds is 6. The van der Waals surface area contributed by atoms with Gasteiger partial charge in [0, 0.05) is 13.0 Å². The molecule has 0 saturated heterocycles. The fourth-order valence-corrected chi connectivity index (χ4v) is 8.36. The maximum absolute atomic E-state index is 11.8. The van der Waals surface area contributed by atoms with E-state index in [1.807, 2.05) is 33.1 Å². The summed E-state index contributed by atoms with van der Waals surface area (Å²) in [6.07, 6.45) is -4.71. The van der Waals surface area contributed by atoms with E-state index >= 15 is 0 Å². The highest BCUT2D eigenvalue weighted by Gasteiger charge is 2.29. The van der Waals surface area contributed by atoms with Crippen LogP contribution in [-0.2, 0) is 8.54 Å². The van der Waals surface area contributed by atoms with Crippen LogP contribution in [0.25, 0.3) is 0 Å². The fourth-order valence-electron chi connectivity index (χ4n) is 1.46. The van der Waals surface area contributed by atoms with Crippen molar-refractivity contribution < 1.29 is 21.7 Å². The summed E-state index contributed by atoms with van der Waals surface area (Å²) < 4.78 is 46.5. The summed E-state index contributed by atoms with van der Waals surface area (Å²) in [5, 5.41) is 0. The van der Waals surface area contributed by atoms with Gasteiger partial charge in [0.2, 0.25) is 0 Å². The SMILES string of the molecule is CCO[Si](C)(C)C.C[SiH](CCC(F)(F)F)O[Si](C)(C)C. The molecule has 2 nitrogen and oxygen atoms in total. The number of halogens is 3. The van der Waals surface area contributed by atoms with Crippen LogP contribution in [0, 0.1) is 0 Å². The van der Waals surface area contributed by atoms with E-state index in [9.17, 15) is 13.2 Å². The van der Waals surface area contributed by atoms with Crippen molar-refractivity contribution in [3.8, 4) is 0 Å². The van der Waals surface area contributed by atoms with Crippen LogP contribution in [0.5, 0.6) is 0 Å². The molecule has 0 bridgehead atoms. The maximum Gasteiger partial charge on any atom is 0.388 e. The molecule has 8 heteroatoms. The molecule has 0 N–H and O–H groups in total. The summed E-state index contributed by atoms with van der Waals surface area (Å²) >= 11 is 0. The van der Waals surface area contributed by atoms with Gasteiger partial charge < -0.3 is 8.54 Å². The minimum Gasteiger partial charge on any atom is -0.458 e. The molecule has 0 fully saturated rings. The molecule has 0 aromatic rings. The monoisotopic (exact) mass is 348 g/mol. The van der Waals surface area contributed by atoms with Crippen molar-refractivity contribution in [3.63, 3.8) is 0 Å². The lowest BCUT2D eigenvalue weighted by Crippen LogP contribution is -2.33. The van der Waals surface area contributed by atoms with Crippen molar-refractivity contribution in [2.24, 2.45) is 0 Å². The van der Waals surface area contributed by atoms with E-state index in [-0.39, 0.29) is 6.04 Å². The highest BCUT2D eigenvalue weighted by Crippen LogP contribution is 2.23. The Morgan fingerprint density at radius 3 is 1.60 bits per heavy atom. The fraction of sp³-hybridized carbons (Fsp3) is 1.00. The summed E-state index contributed by atoms with van der Waals surface area (Å²) in [7, 11) is -4.36. The quantitative estimate of drug-likeness (QED) is 0.629. The van der Waals surface area contributed by atoms with Crippen LogP contribution < -0.4 is 0 Å². The summed E-state index contributed by atoms with van der Waals surface area (Å²) in [5.74, 6) is 0. The molecule has 124 valence electrons. The summed E-state index contributed by atoms with van der Waals surface area (Å²) in [6, 6.07) is 0.202. The first-order valence-electron chi connectivity index (χ1n) is 7.05. The Kier molecular flexibility index (Phi) is 10.6. The van der Waals surface area contributed by atoms with E-state index in [1.54, 1.807) is 0 Å². The van der Waals surface area contributed by atoms with E-state index in [0.29, 0.717) is 0 Å². The van der Waals surface area contributed by atoms with Gasteiger partial charge in [-0.1, -0.05) is 0 Å². The predicted molar refractivity (Wildman–Crippen MR) is 87.9 cm³/mol. The van der Waals surface area contributed by atoms with Gasteiger partial charge in [0.15, 0.2) is 25.7 Å². The minimum absolute atomic E-state index is 0.202. The largest absolute Gasteiger partial charge is 0.458 e. The Bertz CT molecular complexity index is 248. The molecule has 0 aliphatic carbocycles. The molecule has 0 aliphatic heterocycles. The van der Waals surface area contributed by atoms with Crippen molar-refractivity contribution in [1.29, 1.82) is 0 Å². The van der Waals surface area contributed by atoms with Crippen molar-refractivity contribution in [3.05, 3.63) is 0 Å². The number of hydrogen-bond acceptors (Lipinski definition) is 2. The lowest BCUT2D eigenvalue weighted by atomic mass is 10.5. The lowest BCUT2D eigenvalue weighted by molar-refractivity contribution is -0.130. The second-order valence-corrected chi connectivity index (χ2v) is 18.6. The zero-order valence-electron chi connectivity index (χ0n) is 14.1. The molecule has 1 atom stereocenters. The number of alkyl halides is 3. The molecule has 0 heterocycles. The van der Waals surface area contributed by atoms with E-state index < -0.39 is 38.3 Å². The van der Waals surface area contributed by atoms with Gasteiger partial charge in [0.1, 0.15) is 0 Å². The van der Waals surface area contributed by atoms with Crippen LogP contribution in [0.2, 0.25) is 51.9 Å². The normalized spacial score (nSPS) is 14.6. The average molecular weight is 349 g/mol. The zero-order valence-corrected chi connectivity index (χ0v) is 17.3. The van der Waals surface area contributed by atoms with Gasteiger partial charge >= 0.3 is 6.18 Å². The molecule has 1 unspecified atom stereocenters. The first kappa shape index (κ1) is 22.6. The Morgan fingerprint density at radius 1 is 0.950 bits per heavy atom. The van der Waals surface area contributed by atoms with Gasteiger partial charge in [-0.25, -0.2) is 0 Å². The van der Waals surface area contributed by atoms with E-state index in [4.69, 9.17) is 8.54 Å². The first-order chi connectivity index (χ1) is 8.66. The smallest absolute Gasteiger partial charge is 0.388 e. The topological polar surface area (TPSA) is 18.5 Å². The number of hydrogen-bond donors (Lipinski definition) is 0. The molecule has 0 aromatic heterocycles. The molecule has 0 aliphatic rings. The highest BCUT2D eigenvalue weighted by molar-refractivity contribution is 6.77. The van der Waals surface area contributed by atoms with Crippen LogP contribution in [0.3, 0.4) is 0 Å². The highest BCUT2D eigenvalue weighted by atomic mass is 28.4. The van der Waals surface area contributed by atoms with E-state index in [0.717, 1.165) is 6.61 Å². The Labute approximate surface area is 126 Å². The molecular weight excluding hydrogens is 317 g/mol. The predicted octanol–water partition coefficient (Wildman–Crippen LogP) is 5.00. The second kappa shape index (κ2) is 9.39. The van der Waals surface area contributed by atoms with Gasteiger partial charge in [0.25, 0.3) is 0 Å². The van der Waals surface area contributed by atoms with Crippen LogP contribution in [0.4, 0.5) is 13.2 Å². The molecule has 0 spiro atoms. The minimum atomic E-state index is -4.02. The molecule has 20 heavy (non-hydrogen) atoms. The molecular formula is C12H31F3O2Si3. The standard InChI is InChI=1S/C7H17F3OSi2.C5H14OSi/c1-12(11-13(2,3)4)6-5-7(8,9)10;1-5-6-7(2,3)4/h12H,5-6H2,1-4H3;5H2,1-4H3.